The molecule has 1 amide bonds. The number of furan rings is 1. The average Bonchev–Trinajstić information content (AvgIpc) is 2.60. The highest BCUT2D eigenvalue weighted by Gasteiger charge is 2.30. The normalized spacial score (nSPS) is 15.9. The summed E-state index contributed by atoms with van der Waals surface area (Å²) in [7, 11) is 0. The van der Waals surface area contributed by atoms with E-state index in [0.717, 1.165) is 12.8 Å². The zero-order valence-electron chi connectivity index (χ0n) is 9.48. The lowest BCUT2D eigenvalue weighted by molar-refractivity contribution is 0.0524. The monoisotopic (exact) mass is 223 g/mol. The minimum atomic E-state index is -0.0231. The number of aliphatic hydroxyl groups is 1. The van der Waals surface area contributed by atoms with Crippen molar-refractivity contribution < 1.29 is 14.3 Å². The van der Waals surface area contributed by atoms with Gasteiger partial charge in [-0.25, -0.2) is 0 Å². The minimum absolute atomic E-state index is 0.0130. The summed E-state index contributed by atoms with van der Waals surface area (Å²) in [5, 5.41) is 9.00. The first-order chi connectivity index (χ1) is 7.74. The number of amides is 1. The van der Waals surface area contributed by atoms with Crippen LogP contribution in [0.3, 0.4) is 0 Å². The first kappa shape index (κ1) is 11.2. The van der Waals surface area contributed by atoms with Gasteiger partial charge >= 0.3 is 0 Å². The van der Waals surface area contributed by atoms with Crippen molar-refractivity contribution in [2.45, 2.75) is 32.2 Å². The van der Waals surface area contributed by atoms with Crippen LogP contribution < -0.4 is 0 Å². The Hall–Kier alpha value is -1.29. The lowest BCUT2D eigenvalue weighted by Crippen LogP contribution is -2.45. The molecule has 1 aliphatic carbocycles. The Kier molecular flexibility index (Phi) is 3.29. The van der Waals surface area contributed by atoms with Gasteiger partial charge < -0.3 is 14.4 Å². The van der Waals surface area contributed by atoms with E-state index in [0.29, 0.717) is 23.9 Å². The smallest absolute Gasteiger partial charge is 0.257 e. The molecule has 1 saturated carbocycles. The zero-order valence-corrected chi connectivity index (χ0v) is 9.48. The van der Waals surface area contributed by atoms with Crippen molar-refractivity contribution in [3.05, 3.63) is 23.7 Å². The topological polar surface area (TPSA) is 53.7 Å². The van der Waals surface area contributed by atoms with Crippen molar-refractivity contribution in [3.8, 4) is 0 Å². The molecule has 0 unspecified atom stereocenters. The Bertz CT molecular complexity index is 368. The molecule has 0 aliphatic heterocycles. The molecule has 0 aromatic carbocycles. The summed E-state index contributed by atoms with van der Waals surface area (Å²) in [5.74, 6) is 0.622. The van der Waals surface area contributed by atoms with Gasteiger partial charge in [-0.2, -0.15) is 0 Å². The molecule has 1 aromatic heterocycles. The fourth-order valence-corrected chi connectivity index (χ4v) is 2.02. The summed E-state index contributed by atoms with van der Waals surface area (Å²) in [6.07, 6.45) is 4.79. The van der Waals surface area contributed by atoms with E-state index >= 15 is 0 Å². The summed E-state index contributed by atoms with van der Waals surface area (Å²) < 4.78 is 5.14. The molecule has 1 heterocycles. The number of carbonyl (C=O) groups is 1. The predicted octanol–water partition coefficient (Wildman–Crippen LogP) is 1.58. The van der Waals surface area contributed by atoms with Crippen molar-refractivity contribution in [1.29, 1.82) is 0 Å². The van der Waals surface area contributed by atoms with Crippen LogP contribution in [0.5, 0.6) is 0 Å². The van der Waals surface area contributed by atoms with E-state index in [4.69, 9.17) is 9.52 Å². The van der Waals surface area contributed by atoms with Crippen LogP contribution in [0, 0.1) is 6.92 Å². The molecule has 1 aliphatic rings. The van der Waals surface area contributed by atoms with Crippen LogP contribution in [0.4, 0.5) is 0 Å². The van der Waals surface area contributed by atoms with Crippen molar-refractivity contribution in [2.24, 2.45) is 0 Å². The number of hydrogen-bond donors (Lipinski definition) is 1. The number of aliphatic hydroxyl groups excluding tert-OH is 1. The van der Waals surface area contributed by atoms with Gasteiger partial charge in [-0.05, 0) is 32.3 Å². The third-order valence-electron chi connectivity index (χ3n) is 3.21. The van der Waals surface area contributed by atoms with Crippen LogP contribution >= 0.6 is 0 Å². The maximum Gasteiger partial charge on any atom is 0.257 e. The largest absolute Gasteiger partial charge is 0.469 e. The van der Waals surface area contributed by atoms with Crippen molar-refractivity contribution in [2.75, 3.05) is 13.2 Å². The van der Waals surface area contributed by atoms with Gasteiger partial charge in [0.2, 0.25) is 0 Å². The van der Waals surface area contributed by atoms with Crippen LogP contribution in [0.15, 0.2) is 16.7 Å². The first-order valence-electron chi connectivity index (χ1n) is 5.70. The van der Waals surface area contributed by atoms with Crippen LogP contribution in [0.1, 0.15) is 35.4 Å². The lowest BCUT2D eigenvalue weighted by Gasteiger charge is -2.37. The Morgan fingerprint density at radius 2 is 2.38 bits per heavy atom. The zero-order chi connectivity index (χ0) is 11.5. The molecule has 1 N–H and O–H groups in total. The molecule has 0 saturated heterocycles. The summed E-state index contributed by atoms with van der Waals surface area (Å²) in [4.78, 5) is 14.0. The molecule has 4 heteroatoms. The van der Waals surface area contributed by atoms with Crippen LogP contribution in [0.25, 0.3) is 0 Å². The van der Waals surface area contributed by atoms with Crippen molar-refractivity contribution in [1.82, 2.24) is 4.90 Å². The van der Waals surface area contributed by atoms with Gasteiger partial charge in [-0.15, -0.1) is 0 Å². The molecular formula is C12H17NO3. The van der Waals surface area contributed by atoms with Crippen LogP contribution in [-0.2, 0) is 0 Å². The average molecular weight is 223 g/mol. The van der Waals surface area contributed by atoms with Gasteiger partial charge in [-0.3, -0.25) is 4.79 Å². The number of rotatable bonds is 4. The van der Waals surface area contributed by atoms with E-state index in [1.807, 2.05) is 0 Å². The highest BCUT2D eigenvalue weighted by atomic mass is 16.3. The highest BCUT2D eigenvalue weighted by Crippen LogP contribution is 2.26. The quantitative estimate of drug-likeness (QED) is 0.843. The van der Waals surface area contributed by atoms with Gasteiger partial charge in [0.1, 0.15) is 5.76 Å². The van der Waals surface area contributed by atoms with E-state index in [-0.39, 0.29) is 12.5 Å². The second-order valence-corrected chi connectivity index (χ2v) is 4.20. The standard InChI is InChI=1S/C12H17NO3/c1-9-11(5-8-16-9)12(15)13(6-7-14)10-3-2-4-10/h5,8,10,14H,2-4,6-7H2,1H3. The third-order valence-corrected chi connectivity index (χ3v) is 3.21. The summed E-state index contributed by atoms with van der Waals surface area (Å²) >= 11 is 0. The van der Waals surface area contributed by atoms with Gasteiger partial charge in [-0.1, -0.05) is 0 Å². The molecule has 88 valence electrons. The van der Waals surface area contributed by atoms with E-state index in [1.165, 1.54) is 12.7 Å². The van der Waals surface area contributed by atoms with Crippen LogP contribution in [0.2, 0.25) is 0 Å². The Morgan fingerprint density at radius 3 is 2.81 bits per heavy atom. The van der Waals surface area contributed by atoms with Gasteiger partial charge in [0.25, 0.3) is 5.91 Å². The van der Waals surface area contributed by atoms with E-state index in [1.54, 1.807) is 17.9 Å². The number of nitrogens with zero attached hydrogens (tertiary/aromatic N) is 1. The Labute approximate surface area is 94.9 Å². The number of aryl methyl sites for hydroxylation is 1. The highest BCUT2D eigenvalue weighted by molar-refractivity contribution is 5.95. The predicted molar refractivity (Wildman–Crippen MR) is 59.2 cm³/mol. The molecular weight excluding hydrogens is 206 g/mol. The van der Waals surface area contributed by atoms with E-state index in [9.17, 15) is 4.79 Å². The van der Waals surface area contributed by atoms with Crippen molar-refractivity contribution >= 4 is 5.91 Å². The molecule has 2 rings (SSSR count). The molecule has 0 spiro atoms. The second-order valence-electron chi connectivity index (χ2n) is 4.20. The molecule has 1 aromatic rings. The minimum Gasteiger partial charge on any atom is -0.469 e. The maximum absolute atomic E-state index is 12.2. The first-order valence-corrected chi connectivity index (χ1v) is 5.70. The van der Waals surface area contributed by atoms with Gasteiger partial charge in [0.05, 0.1) is 18.4 Å². The molecule has 0 atom stereocenters. The summed E-state index contributed by atoms with van der Waals surface area (Å²) in [5.41, 5.74) is 0.611. The molecule has 16 heavy (non-hydrogen) atoms. The Balaban J connectivity index is 2.13. The SMILES string of the molecule is Cc1occc1C(=O)N(CCO)C1CCC1. The fourth-order valence-electron chi connectivity index (χ4n) is 2.02. The van der Waals surface area contributed by atoms with Crippen LogP contribution in [-0.4, -0.2) is 35.1 Å². The lowest BCUT2D eigenvalue weighted by atomic mass is 9.91. The molecule has 1 fully saturated rings. The fraction of sp³-hybridized carbons (Fsp3) is 0.583. The third kappa shape index (κ3) is 1.97. The van der Waals surface area contributed by atoms with E-state index in [2.05, 4.69) is 0 Å². The molecule has 0 bridgehead atoms. The van der Waals surface area contributed by atoms with E-state index < -0.39 is 0 Å². The number of hydrogen-bond acceptors (Lipinski definition) is 3. The van der Waals surface area contributed by atoms with Crippen molar-refractivity contribution in [3.63, 3.8) is 0 Å². The number of carbonyl (C=O) groups excluding carboxylic acids is 1. The summed E-state index contributed by atoms with van der Waals surface area (Å²) in [6.45, 7) is 2.21. The summed E-state index contributed by atoms with van der Waals surface area (Å²) in [6, 6.07) is 2.00. The van der Waals surface area contributed by atoms with Gasteiger partial charge in [0, 0.05) is 12.6 Å². The Morgan fingerprint density at radius 1 is 1.62 bits per heavy atom. The van der Waals surface area contributed by atoms with Gasteiger partial charge in [0.15, 0.2) is 0 Å². The molecule has 0 radical (unpaired) electrons. The molecule has 4 nitrogen and oxygen atoms in total. The maximum atomic E-state index is 12.2. The second kappa shape index (κ2) is 4.70.